The van der Waals surface area contributed by atoms with Crippen LogP contribution in [0.5, 0.6) is 0 Å². The lowest BCUT2D eigenvalue weighted by Crippen LogP contribution is -2.39. The van der Waals surface area contributed by atoms with Crippen molar-refractivity contribution in [3.05, 3.63) is 59.7 Å². The molecular weight excluding hydrogens is 258 g/mol. The second-order valence-electron chi connectivity index (χ2n) is 6.49. The Bertz CT molecular complexity index is 650. The van der Waals surface area contributed by atoms with E-state index in [0.29, 0.717) is 24.3 Å². The normalized spacial score (nSPS) is 29.6. The van der Waals surface area contributed by atoms with Gasteiger partial charge in [0.05, 0.1) is 18.2 Å². The predicted molar refractivity (Wildman–Crippen MR) is 83.2 cm³/mol. The molecule has 2 heteroatoms. The summed E-state index contributed by atoms with van der Waals surface area (Å²) < 4.78 is 6.01. The van der Waals surface area contributed by atoms with Crippen LogP contribution in [-0.2, 0) is 4.74 Å². The summed E-state index contributed by atoms with van der Waals surface area (Å²) in [4.78, 5) is 0. The molecule has 2 saturated heterocycles. The monoisotopic (exact) mass is 277 g/mol. The van der Waals surface area contributed by atoms with Crippen LogP contribution in [0.3, 0.4) is 0 Å². The number of benzene rings is 2. The van der Waals surface area contributed by atoms with Gasteiger partial charge in [-0.3, -0.25) is 0 Å². The Morgan fingerprint density at radius 3 is 2.10 bits per heavy atom. The van der Waals surface area contributed by atoms with E-state index < -0.39 is 0 Å². The van der Waals surface area contributed by atoms with Gasteiger partial charge in [-0.25, -0.2) is 0 Å². The summed E-state index contributed by atoms with van der Waals surface area (Å²) in [5, 5.41) is 3.90. The third kappa shape index (κ3) is 1.73. The zero-order valence-corrected chi connectivity index (χ0v) is 12.0. The molecule has 5 rings (SSSR count). The molecule has 2 aliphatic heterocycles. The molecule has 21 heavy (non-hydrogen) atoms. The lowest BCUT2D eigenvalue weighted by Gasteiger charge is -2.25. The summed E-state index contributed by atoms with van der Waals surface area (Å²) in [5.74, 6) is 0. The van der Waals surface area contributed by atoms with E-state index in [1.807, 2.05) is 0 Å². The third-order valence-corrected chi connectivity index (χ3v) is 5.32. The second-order valence-corrected chi connectivity index (χ2v) is 6.49. The van der Waals surface area contributed by atoms with Crippen LogP contribution in [-0.4, -0.2) is 18.2 Å². The lowest BCUT2D eigenvalue weighted by molar-refractivity contribution is 0.0966. The van der Waals surface area contributed by atoms with Gasteiger partial charge in [0.15, 0.2) is 0 Å². The highest BCUT2D eigenvalue weighted by Crippen LogP contribution is 2.44. The highest BCUT2D eigenvalue weighted by Gasteiger charge is 2.42. The topological polar surface area (TPSA) is 21.3 Å². The Hall–Kier alpha value is -1.64. The molecular formula is C19H19NO. The van der Waals surface area contributed by atoms with Crippen LogP contribution in [0.1, 0.15) is 36.4 Å². The molecule has 0 radical (unpaired) electrons. The average Bonchev–Trinajstić information content (AvgIpc) is 3.22. The molecule has 2 bridgehead atoms. The number of ether oxygens (including phenoxy) is 1. The standard InChI is InChI=1S/C19H19NO/c1-3-7-15-13(5-1)14-6-2-4-8-16(14)19(15)20-17-11-12-9-10-18(17)21-12/h1-8,12,17-20H,9-11H2. The maximum absolute atomic E-state index is 6.01. The minimum absolute atomic E-state index is 0.324. The summed E-state index contributed by atoms with van der Waals surface area (Å²) >= 11 is 0. The van der Waals surface area contributed by atoms with Crippen LogP contribution in [0.4, 0.5) is 0 Å². The van der Waals surface area contributed by atoms with Crippen molar-refractivity contribution in [3.63, 3.8) is 0 Å². The largest absolute Gasteiger partial charge is 0.373 e. The number of hydrogen-bond acceptors (Lipinski definition) is 2. The molecule has 106 valence electrons. The van der Waals surface area contributed by atoms with Crippen molar-refractivity contribution in [1.82, 2.24) is 5.32 Å². The van der Waals surface area contributed by atoms with Gasteiger partial charge in [-0.15, -0.1) is 0 Å². The average molecular weight is 277 g/mol. The smallest absolute Gasteiger partial charge is 0.0734 e. The van der Waals surface area contributed by atoms with Gasteiger partial charge in [0.25, 0.3) is 0 Å². The molecule has 3 unspecified atom stereocenters. The maximum atomic E-state index is 6.01. The lowest BCUT2D eigenvalue weighted by atomic mass is 9.93. The number of fused-ring (bicyclic) bond motifs is 5. The maximum Gasteiger partial charge on any atom is 0.0734 e. The summed E-state index contributed by atoms with van der Waals surface area (Å²) in [6.45, 7) is 0. The third-order valence-electron chi connectivity index (χ3n) is 5.32. The van der Waals surface area contributed by atoms with E-state index in [9.17, 15) is 0 Å². The van der Waals surface area contributed by atoms with E-state index in [1.165, 1.54) is 41.5 Å². The van der Waals surface area contributed by atoms with Crippen molar-refractivity contribution < 1.29 is 4.74 Å². The summed E-state index contributed by atoms with van der Waals surface area (Å²) in [6.07, 6.45) is 4.57. The van der Waals surface area contributed by atoms with Gasteiger partial charge < -0.3 is 10.1 Å². The van der Waals surface area contributed by atoms with Crippen molar-refractivity contribution >= 4 is 0 Å². The van der Waals surface area contributed by atoms with Gasteiger partial charge in [-0.1, -0.05) is 48.5 Å². The molecule has 0 spiro atoms. The zero-order chi connectivity index (χ0) is 13.8. The van der Waals surface area contributed by atoms with Crippen molar-refractivity contribution in [2.45, 2.75) is 43.6 Å². The molecule has 2 fully saturated rings. The second kappa shape index (κ2) is 4.43. The van der Waals surface area contributed by atoms with Crippen LogP contribution in [0.25, 0.3) is 11.1 Å². The zero-order valence-electron chi connectivity index (χ0n) is 12.0. The molecule has 0 aromatic heterocycles. The Labute approximate surface area is 125 Å². The molecule has 2 nitrogen and oxygen atoms in total. The van der Waals surface area contributed by atoms with Crippen LogP contribution in [0.15, 0.2) is 48.5 Å². The van der Waals surface area contributed by atoms with Gasteiger partial charge in [0.2, 0.25) is 0 Å². The molecule has 1 N–H and O–H groups in total. The first-order valence-corrected chi connectivity index (χ1v) is 8.00. The molecule has 0 saturated carbocycles. The molecule has 2 aromatic carbocycles. The Morgan fingerprint density at radius 2 is 1.52 bits per heavy atom. The molecule has 1 aliphatic carbocycles. The highest BCUT2D eigenvalue weighted by molar-refractivity contribution is 5.78. The van der Waals surface area contributed by atoms with Crippen molar-refractivity contribution in [2.75, 3.05) is 0 Å². The van der Waals surface area contributed by atoms with Gasteiger partial charge in [-0.05, 0) is 41.5 Å². The Balaban J connectivity index is 1.54. The van der Waals surface area contributed by atoms with Gasteiger partial charge in [0.1, 0.15) is 0 Å². The summed E-state index contributed by atoms with van der Waals surface area (Å²) in [5.41, 5.74) is 5.60. The predicted octanol–water partition coefficient (Wildman–Crippen LogP) is 3.67. The van der Waals surface area contributed by atoms with E-state index in [0.717, 1.165) is 0 Å². The number of nitrogens with one attached hydrogen (secondary N) is 1. The fourth-order valence-electron chi connectivity index (χ4n) is 4.36. The molecule has 3 aliphatic rings. The summed E-state index contributed by atoms with van der Waals surface area (Å²) in [6, 6.07) is 18.4. The van der Waals surface area contributed by atoms with Crippen LogP contribution < -0.4 is 5.32 Å². The first-order valence-electron chi connectivity index (χ1n) is 8.00. The minimum atomic E-state index is 0.324. The van der Waals surface area contributed by atoms with E-state index in [-0.39, 0.29) is 0 Å². The van der Waals surface area contributed by atoms with Gasteiger partial charge in [0, 0.05) is 6.04 Å². The number of rotatable bonds is 2. The highest BCUT2D eigenvalue weighted by atomic mass is 16.5. The Morgan fingerprint density at radius 1 is 0.857 bits per heavy atom. The van der Waals surface area contributed by atoms with Gasteiger partial charge >= 0.3 is 0 Å². The van der Waals surface area contributed by atoms with Gasteiger partial charge in [-0.2, -0.15) is 0 Å². The van der Waals surface area contributed by atoms with Crippen molar-refractivity contribution in [1.29, 1.82) is 0 Å². The first-order chi connectivity index (χ1) is 10.4. The van der Waals surface area contributed by atoms with Crippen LogP contribution in [0.2, 0.25) is 0 Å². The summed E-state index contributed by atoms with van der Waals surface area (Å²) in [7, 11) is 0. The van der Waals surface area contributed by atoms with Crippen molar-refractivity contribution in [3.8, 4) is 11.1 Å². The Kier molecular flexibility index (Phi) is 2.52. The molecule has 2 heterocycles. The quantitative estimate of drug-likeness (QED) is 0.904. The fourth-order valence-corrected chi connectivity index (χ4v) is 4.36. The number of hydrogen-bond donors (Lipinski definition) is 1. The van der Waals surface area contributed by atoms with Crippen LogP contribution in [0, 0.1) is 0 Å². The van der Waals surface area contributed by atoms with Crippen molar-refractivity contribution in [2.24, 2.45) is 0 Å². The van der Waals surface area contributed by atoms with E-state index in [2.05, 4.69) is 53.8 Å². The SMILES string of the molecule is c1ccc2c(c1)-c1ccccc1C2NC1CC2CCC1O2. The first kappa shape index (κ1) is 12.0. The molecule has 3 atom stereocenters. The molecule has 2 aromatic rings. The van der Waals surface area contributed by atoms with E-state index in [4.69, 9.17) is 4.74 Å². The fraction of sp³-hybridized carbons (Fsp3) is 0.368. The van der Waals surface area contributed by atoms with Crippen LogP contribution >= 0.6 is 0 Å². The van der Waals surface area contributed by atoms with E-state index >= 15 is 0 Å². The molecule has 0 amide bonds. The minimum Gasteiger partial charge on any atom is -0.373 e. The van der Waals surface area contributed by atoms with E-state index in [1.54, 1.807) is 0 Å².